The largest absolute Gasteiger partial charge is 0.343 e. The Labute approximate surface area is 160 Å². The van der Waals surface area contributed by atoms with E-state index in [0.29, 0.717) is 27.4 Å². The van der Waals surface area contributed by atoms with Crippen molar-refractivity contribution in [1.82, 2.24) is 14.8 Å². The number of nitrogens with zero attached hydrogens (tertiary/aromatic N) is 2. The number of thioether (sulfide) groups is 1. The van der Waals surface area contributed by atoms with Gasteiger partial charge in [-0.1, -0.05) is 55.7 Å². The van der Waals surface area contributed by atoms with E-state index in [0.717, 1.165) is 6.42 Å². The summed E-state index contributed by atoms with van der Waals surface area (Å²) in [6.45, 7) is 6.39. The van der Waals surface area contributed by atoms with E-state index in [1.54, 1.807) is 22.8 Å². The zero-order chi connectivity index (χ0) is 18.6. The van der Waals surface area contributed by atoms with Crippen molar-refractivity contribution in [3.8, 4) is 0 Å². The number of H-pyrrole nitrogens is 1. The lowest BCUT2D eigenvalue weighted by Crippen LogP contribution is -2.30. The number of nitrogens with one attached hydrogen (secondary N) is 2. The van der Waals surface area contributed by atoms with Gasteiger partial charge in [0.15, 0.2) is 5.16 Å². The standard InChI is InChI=1S/C16H20Cl2N4O2S/c1-4-7-22-15(24)20-21-16(22)25-13(9(2)3)14(23)19-12-8-10(17)5-6-11(12)18/h5-6,8-9,13H,4,7H2,1-3H3,(H,19,23)(H,20,24). The summed E-state index contributed by atoms with van der Waals surface area (Å²) in [5.41, 5.74) is 0.184. The quantitative estimate of drug-likeness (QED) is 0.684. The second-order valence-electron chi connectivity index (χ2n) is 5.86. The van der Waals surface area contributed by atoms with Crippen molar-refractivity contribution in [2.75, 3.05) is 5.32 Å². The van der Waals surface area contributed by atoms with Crippen LogP contribution in [0.5, 0.6) is 0 Å². The Kier molecular flexibility index (Phi) is 6.98. The summed E-state index contributed by atoms with van der Waals surface area (Å²) in [5, 5.41) is 10.2. The van der Waals surface area contributed by atoms with Gasteiger partial charge in [-0.2, -0.15) is 0 Å². The summed E-state index contributed by atoms with van der Waals surface area (Å²) >= 11 is 13.3. The maximum Gasteiger partial charge on any atom is 0.343 e. The number of carbonyl (C=O) groups is 1. The van der Waals surface area contributed by atoms with Gasteiger partial charge in [0.25, 0.3) is 0 Å². The zero-order valence-corrected chi connectivity index (χ0v) is 16.5. The molecule has 1 amide bonds. The van der Waals surface area contributed by atoms with Gasteiger partial charge in [0.1, 0.15) is 0 Å². The Hall–Kier alpha value is -1.44. The van der Waals surface area contributed by atoms with Crippen molar-refractivity contribution >= 4 is 46.6 Å². The average molecular weight is 403 g/mol. The molecule has 9 heteroatoms. The molecular weight excluding hydrogens is 383 g/mol. The van der Waals surface area contributed by atoms with Crippen LogP contribution in [-0.4, -0.2) is 25.9 Å². The third kappa shape index (κ3) is 5.03. The highest BCUT2D eigenvalue weighted by Crippen LogP contribution is 2.30. The first kappa shape index (κ1) is 19.9. The van der Waals surface area contributed by atoms with Crippen LogP contribution in [0, 0.1) is 5.92 Å². The van der Waals surface area contributed by atoms with Crippen LogP contribution in [0.4, 0.5) is 5.69 Å². The van der Waals surface area contributed by atoms with Crippen molar-refractivity contribution in [3.63, 3.8) is 0 Å². The number of benzene rings is 1. The number of hydrogen-bond acceptors (Lipinski definition) is 4. The van der Waals surface area contributed by atoms with E-state index in [1.807, 2.05) is 20.8 Å². The molecule has 136 valence electrons. The highest BCUT2D eigenvalue weighted by atomic mass is 35.5. The number of amides is 1. The normalized spacial score (nSPS) is 12.4. The van der Waals surface area contributed by atoms with Gasteiger partial charge in [0.05, 0.1) is 16.0 Å². The number of aromatic nitrogens is 3. The molecule has 0 aliphatic carbocycles. The minimum absolute atomic E-state index is 0.0184. The molecule has 2 aromatic rings. The van der Waals surface area contributed by atoms with Crippen LogP contribution in [0.25, 0.3) is 0 Å². The smallest absolute Gasteiger partial charge is 0.324 e. The van der Waals surface area contributed by atoms with E-state index < -0.39 is 5.25 Å². The Morgan fingerprint density at radius 3 is 2.76 bits per heavy atom. The van der Waals surface area contributed by atoms with E-state index in [-0.39, 0.29) is 17.5 Å². The molecule has 1 aromatic heterocycles. The van der Waals surface area contributed by atoms with Gasteiger partial charge in [0, 0.05) is 11.6 Å². The lowest BCUT2D eigenvalue weighted by Gasteiger charge is -2.20. The number of anilines is 1. The van der Waals surface area contributed by atoms with Crippen molar-refractivity contribution < 1.29 is 4.79 Å². The summed E-state index contributed by atoms with van der Waals surface area (Å²) in [7, 11) is 0. The van der Waals surface area contributed by atoms with E-state index >= 15 is 0 Å². The molecule has 0 radical (unpaired) electrons. The fraction of sp³-hybridized carbons (Fsp3) is 0.438. The van der Waals surface area contributed by atoms with Gasteiger partial charge < -0.3 is 5.32 Å². The summed E-state index contributed by atoms with van der Waals surface area (Å²) in [5.74, 6) is -0.201. The lowest BCUT2D eigenvalue weighted by molar-refractivity contribution is -0.116. The first-order valence-corrected chi connectivity index (χ1v) is 9.54. The second-order valence-corrected chi connectivity index (χ2v) is 7.81. The summed E-state index contributed by atoms with van der Waals surface area (Å²) < 4.78 is 1.54. The first-order valence-electron chi connectivity index (χ1n) is 7.91. The Morgan fingerprint density at radius 1 is 1.40 bits per heavy atom. The average Bonchev–Trinajstić information content (AvgIpc) is 2.89. The molecule has 25 heavy (non-hydrogen) atoms. The highest BCUT2D eigenvalue weighted by molar-refractivity contribution is 8.00. The Bertz CT molecular complexity index is 804. The van der Waals surface area contributed by atoms with Crippen LogP contribution in [0.15, 0.2) is 28.2 Å². The number of aromatic amines is 1. The van der Waals surface area contributed by atoms with Crippen molar-refractivity contribution in [1.29, 1.82) is 0 Å². The number of hydrogen-bond donors (Lipinski definition) is 2. The predicted molar refractivity (Wildman–Crippen MR) is 103 cm³/mol. The second kappa shape index (κ2) is 8.78. The molecular formula is C16H20Cl2N4O2S. The zero-order valence-electron chi connectivity index (χ0n) is 14.2. The molecule has 0 saturated carbocycles. The minimum Gasteiger partial charge on any atom is -0.324 e. The van der Waals surface area contributed by atoms with Gasteiger partial charge in [-0.25, -0.2) is 9.89 Å². The molecule has 1 atom stereocenters. The summed E-state index contributed by atoms with van der Waals surface area (Å²) in [6.07, 6.45) is 0.795. The maximum absolute atomic E-state index is 12.7. The number of halogens is 2. The van der Waals surface area contributed by atoms with Crippen molar-refractivity contribution in [2.45, 2.75) is 44.1 Å². The molecule has 2 N–H and O–H groups in total. The van der Waals surface area contributed by atoms with Gasteiger partial charge in [-0.15, -0.1) is 5.10 Å². The molecule has 0 saturated heterocycles. The number of rotatable bonds is 7. The monoisotopic (exact) mass is 402 g/mol. The third-order valence-corrected chi connectivity index (χ3v) is 5.55. The molecule has 1 heterocycles. The van der Waals surface area contributed by atoms with Gasteiger partial charge in [-0.3, -0.25) is 9.36 Å². The van der Waals surface area contributed by atoms with Gasteiger partial charge in [-0.05, 0) is 30.5 Å². The first-order chi connectivity index (χ1) is 11.8. The molecule has 0 aliphatic rings. The van der Waals surface area contributed by atoms with Crippen LogP contribution in [0.3, 0.4) is 0 Å². The van der Waals surface area contributed by atoms with Crippen LogP contribution < -0.4 is 11.0 Å². The molecule has 1 aromatic carbocycles. The molecule has 2 rings (SSSR count). The fourth-order valence-corrected chi connectivity index (χ4v) is 3.62. The third-order valence-electron chi connectivity index (χ3n) is 3.45. The van der Waals surface area contributed by atoms with E-state index in [1.165, 1.54) is 11.8 Å². The molecule has 0 spiro atoms. The predicted octanol–water partition coefficient (Wildman–Crippen LogP) is 4.04. The number of carbonyl (C=O) groups excluding carboxylic acids is 1. The Balaban J connectivity index is 2.22. The van der Waals surface area contributed by atoms with Crippen LogP contribution in [0.2, 0.25) is 10.0 Å². The van der Waals surface area contributed by atoms with E-state index in [4.69, 9.17) is 23.2 Å². The highest BCUT2D eigenvalue weighted by Gasteiger charge is 2.27. The minimum atomic E-state index is -0.444. The molecule has 1 unspecified atom stereocenters. The summed E-state index contributed by atoms with van der Waals surface area (Å²) in [6, 6.07) is 4.89. The topological polar surface area (TPSA) is 79.8 Å². The summed E-state index contributed by atoms with van der Waals surface area (Å²) in [4.78, 5) is 24.6. The maximum atomic E-state index is 12.7. The molecule has 0 aliphatic heterocycles. The van der Waals surface area contributed by atoms with Crippen molar-refractivity contribution in [3.05, 3.63) is 38.7 Å². The van der Waals surface area contributed by atoms with Gasteiger partial charge in [0.2, 0.25) is 5.91 Å². The Morgan fingerprint density at radius 2 is 2.12 bits per heavy atom. The lowest BCUT2D eigenvalue weighted by atomic mass is 10.1. The van der Waals surface area contributed by atoms with E-state index in [2.05, 4.69) is 15.5 Å². The molecule has 0 bridgehead atoms. The van der Waals surface area contributed by atoms with Crippen LogP contribution in [-0.2, 0) is 11.3 Å². The molecule has 6 nitrogen and oxygen atoms in total. The molecule has 0 fully saturated rings. The van der Waals surface area contributed by atoms with Gasteiger partial charge >= 0.3 is 5.69 Å². The SMILES string of the molecule is CCCn1c(SC(C(=O)Nc2cc(Cl)ccc2Cl)C(C)C)n[nH]c1=O. The fourth-order valence-electron chi connectivity index (χ4n) is 2.22. The van der Waals surface area contributed by atoms with Crippen LogP contribution in [0.1, 0.15) is 27.2 Å². The van der Waals surface area contributed by atoms with Crippen LogP contribution >= 0.6 is 35.0 Å². The van der Waals surface area contributed by atoms with Crippen molar-refractivity contribution in [2.24, 2.45) is 5.92 Å². The van der Waals surface area contributed by atoms with E-state index in [9.17, 15) is 9.59 Å².